The Morgan fingerprint density at radius 2 is 1.89 bits per heavy atom. The van der Waals surface area contributed by atoms with Gasteiger partial charge in [-0.2, -0.15) is 4.98 Å². The van der Waals surface area contributed by atoms with Gasteiger partial charge >= 0.3 is 5.69 Å². The lowest BCUT2D eigenvalue weighted by Gasteiger charge is -2.41. The summed E-state index contributed by atoms with van der Waals surface area (Å²) in [6.07, 6.45) is 2.77. The van der Waals surface area contributed by atoms with Crippen LogP contribution in [0.5, 0.6) is 0 Å². The minimum atomic E-state index is -1.27. The first-order valence-electron chi connectivity index (χ1n) is 14.2. The summed E-state index contributed by atoms with van der Waals surface area (Å²) in [5.74, 6) is -4.11. The van der Waals surface area contributed by atoms with Crippen LogP contribution >= 0.6 is 23.2 Å². The number of piperazine rings is 1. The number of benzene rings is 2. The molecule has 1 fully saturated rings. The van der Waals surface area contributed by atoms with Crippen LogP contribution in [0.25, 0.3) is 27.7 Å². The standard InChI is InChI=1S/C31H28Cl2F3N7O2/c1-5-18(44)41-8-9-42-15(12-41)11-39-27-21-29(24(36)19(23(27)35)20-22(34)16(32)10-17(33)25(20)37)43(31(45)40-30(21)42)28-14(4)6-7-38-26(28)13(2)3/h5-7,10,13,15,39H,1,8-9,11-12,37H2,2-4H3. The number of anilines is 3. The molecule has 4 aromatic rings. The summed E-state index contributed by atoms with van der Waals surface area (Å²) < 4.78 is 50.8. The van der Waals surface area contributed by atoms with E-state index in [4.69, 9.17) is 28.9 Å². The molecule has 0 radical (unpaired) electrons. The molecule has 3 N–H and O–H groups in total. The van der Waals surface area contributed by atoms with E-state index in [1.54, 1.807) is 29.0 Å². The maximum Gasteiger partial charge on any atom is 0.354 e. The van der Waals surface area contributed by atoms with Gasteiger partial charge in [-0.1, -0.05) is 43.6 Å². The zero-order chi connectivity index (χ0) is 32.5. The number of amides is 1. The molecule has 0 aliphatic carbocycles. The first-order valence-corrected chi connectivity index (χ1v) is 14.9. The molecule has 0 saturated carbocycles. The second-order valence-electron chi connectivity index (χ2n) is 11.3. The molecule has 6 rings (SSSR count). The Hall–Kier alpha value is -4.29. The van der Waals surface area contributed by atoms with Gasteiger partial charge in [0.15, 0.2) is 17.5 Å². The Balaban J connectivity index is 1.78. The van der Waals surface area contributed by atoms with Gasteiger partial charge in [0.25, 0.3) is 0 Å². The average Bonchev–Trinajstić information content (AvgIpc) is 3.16. The minimum absolute atomic E-state index is 0.0245. The van der Waals surface area contributed by atoms with E-state index in [0.717, 1.165) is 10.6 Å². The van der Waals surface area contributed by atoms with Crippen molar-refractivity contribution < 1.29 is 18.0 Å². The number of hydrogen-bond donors (Lipinski definition) is 2. The van der Waals surface area contributed by atoms with Crippen molar-refractivity contribution in [1.82, 2.24) is 19.4 Å². The molecule has 2 aromatic heterocycles. The van der Waals surface area contributed by atoms with E-state index in [-0.39, 0.29) is 71.1 Å². The van der Waals surface area contributed by atoms with Crippen LogP contribution in [0.4, 0.5) is 30.4 Å². The van der Waals surface area contributed by atoms with E-state index in [1.807, 2.05) is 13.8 Å². The van der Waals surface area contributed by atoms with Crippen molar-refractivity contribution in [2.45, 2.75) is 32.7 Å². The molecule has 9 nitrogen and oxygen atoms in total. The van der Waals surface area contributed by atoms with Gasteiger partial charge in [0.2, 0.25) is 5.91 Å². The molecule has 0 bridgehead atoms. The SMILES string of the molecule is C=CC(=O)N1CCN2c3nc(=O)n(-c4c(C)ccnc4C(C)C)c4c(F)c(-c5c(N)c(Cl)cc(Cl)c5F)c(F)c(c34)NCC2C1. The summed E-state index contributed by atoms with van der Waals surface area (Å²) >= 11 is 12.3. The minimum Gasteiger partial charge on any atom is -0.397 e. The molecule has 1 unspecified atom stereocenters. The largest absolute Gasteiger partial charge is 0.397 e. The van der Waals surface area contributed by atoms with Gasteiger partial charge in [0, 0.05) is 37.9 Å². The fourth-order valence-corrected chi connectivity index (χ4v) is 6.66. The number of nitrogens with two attached hydrogens (primary N) is 1. The van der Waals surface area contributed by atoms with Gasteiger partial charge in [0.05, 0.1) is 49.8 Å². The zero-order valence-electron chi connectivity index (χ0n) is 24.5. The Bertz CT molecular complexity index is 1970. The first-order chi connectivity index (χ1) is 21.4. The number of nitrogen functional groups attached to an aromatic ring is 1. The normalized spacial score (nSPS) is 16.1. The van der Waals surface area contributed by atoms with E-state index in [0.29, 0.717) is 11.3 Å². The molecule has 45 heavy (non-hydrogen) atoms. The number of aryl methyl sites for hydroxylation is 1. The summed E-state index contributed by atoms with van der Waals surface area (Å²) in [6.45, 7) is 9.75. The second kappa shape index (κ2) is 11.3. The van der Waals surface area contributed by atoms with Crippen LogP contribution in [-0.2, 0) is 4.79 Å². The van der Waals surface area contributed by atoms with Crippen molar-refractivity contribution in [3.05, 3.63) is 80.2 Å². The molecule has 1 saturated heterocycles. The number of hydrogen-bond acceptors (Lipinski definition) is 7. The summed E-state index contributed by atoms with van der Waals surface area (Å²) in [5, 5.41) is 2.30. The molecule has 2 aliphatic rings. The van der Waals surface area contributed by atoms with E-state index in [2.05, 4.69) is 21.9 Å². The second-order valence-corrected chi connectivity index (χ2v) is 12.1. The van der Waals surface area contributed by atoms with Gasteiger partial charge < -0.3 is 20.9 Å². The lowest BCUT2D eigenvalue weighted by molar-refractivity contribution is -0.126. The van der Waals surface area contributed by atoms with Gasteiger partial charge in [-0.05, 0) is 36.6 Å². The topological polar surface area (TPSA) is 109 Å². The highest BCUT2D eigenvalue weighted by atomic mass is 35.5. The van der Waals surface area contributed by atoms with Crippen molar-refractivity contribution >= 4 is 57.2 Å². The molecule has 234 valence electrons. The fourth-order valence-electron chi connectivity index (χ4n) is 6.19. The lowest BCUT2D eigenvalue weighted by atomic mass is 9.97. The van der Waals surface area contributed by atoms with Crippen molar-refractivity contribution in [3.8, 4) is 16.8 Å². The monoisotopic (exact) mass is 657 g/mol. The van der Waals surface area contributed by atoms with Crippen LogP contribution in [0.1, 0.15) is 31.0 Å². The van der Waals surface area contributed by atoms with E-state index >= 15 is 13.2 Å². The highest BCUT2D eigenvalue weighted by Gasteiger charge is 2.38. The number of nitrogens with zero attached hydrogens (tertiary/aromatic N) is 5. The van der Waals surface area contributed by atoms with Crippen LogP contribution in [0.2, 0.25) is 10.0 Å². The molecule has 1 amide bonds. The molecular formula is C31H28Cl2F3N7O2. The predicted molar refractivity (Wildman–Crippen MR) is 170 cm³/mol. The Labute approximate surface area is 266 Å². The predicted octanol–water partition coefficient (Wildman–Crippen LogP) is 5.81. The summed E-state index contributed by atoms with van der Waals surface area (Å²) in [4.78, 5) is 38.8. The third-order valence-electron chi connectivity index (χ3n) is 8.33. The van der Waals surface area contributed by atoms with Crippen LogP contribution in [0, 0.1) is 24.4 Å². The number of fused-ring (bicyclic) bond motifs is 2. The van der Waals surface area contributed by atoms with Crippen LogP contribution in [0.3, 0.4) is 0 Å². The Morgan fingerprint density at radius 1 is 1.16 bits per heavy atom. The number of pyridine rings is 1. The molecule has 1 atom stereocenters. The van der Waals surface area contributed by atoms with Crippen molar-refractivity contribution in [2.75, 3.05) is 42.1 Å². The maximum atomic E-state index is 17.3. The first kappa shape index (κ1) is 30.7. The van der Waals surface area contributed by atoms with E-state index in [1.165, 1.54) is 6.08 Å². The highest BCUT2D eigenvalue weighted by Crippen LogP contribution is 2.47. The summed E-state index contributed by atoms with van der Waals surface area (Å²) in [6, 6.07) is 2.22. The van der Waals surface area contributed by atoms with Crippen LogP contribution in [-0.4, -0.2) is 57.6 Å². The molecule has 4 heterocycles. The molecular weight excluding hydrogens is 630 g/mol. The van der Waals surface area contributed by atoms with E-state index in [9.17, 15) is 9.59 Å². The van der Waals surface area contributed by atoms with Gasteiger partial charge in [-0.25, -0.2) is 18.0 Å². The van der Waals surface area contributed by atoms with Crippen molar-refractivity contribution in [3.63, 3.8) is 0 Å². The number of carbonyl (C=O) groups is 1. The van der Waals surface area contributed by atoms with Crippen molar-refractivity contribution in [1.29, 1.82) is 0 Å². The molecule has 0 spiro atoms. The Kier molecular flexibility index (Phi) is 7.68. The fraction of sp³-hybridized carbons (Fsp3) is 0.290. The number of nitrogens with one attached hydrogen (secondary N) is 1. The lowest BCUT2D eigenvalue weighted by Crippen LogP contribution is -2.57. The smallest absolute Gasteiger partial charge is 0.354 e. The highest BCUT2D eigenvalue weighted by molar-refractivity contribution is 6.37. The van der Waals surface area contributed by atoms with E-state index < -0.39 is 51.0 Å². The maximum absolute atomic E-state index is 17.3. The zero-order valence-corrected chi connectivity index (χ0v) is 26.0. The number of halogens is 5. The summed E-state index contributed by atoms with van der Waals surface area (Å²) in [7, 11) is 0. The number of rotatable bonds is 4. The number of carbonyl (C=O) groups excluding carboxylic acids is 1. The Morgan fingerprint density at radius 3 is 2.58 bits per heavy atom. The molecule has 14 heteroatoms. The quantitative estimate of drug-likeness (QED) is 0.162. The van der Waals surface area contributed by atoms with Crippen LogP contribution < -0.4 is 21.6 Å². The molecule has 2 aromatic carbocycles. The average molecular weight is 659 g/mol. The third-order valence-corrected chi connectivity index (χ3v) is 8.92. The molecule has 2 aliphatic heterocycles. The van der Waals surface area contributed by atoms with Gasteiger partial charge in [-0.3, -0.25) is 14.3 Å². The van der Waals surface area contributed by atoms with Crippen molar-refractivity contribution in [2.24, 2.45) is 0 Å². The summed E-state index contributed by atoms with van der Waals surface area (Å²) in [5.41, 5.74) is 4.01. The van der Waals surface area contributed by atoms with Gasteiger partial charge in [-0.15, -0.1) is 0 Å². The van der Waals surface area contributed by atoms with Gasteiger partial charge in [0.1, 0.15) is 11.3 Å². The van der Waals surface area contributed by atoms with Crippen LogP contribution in [0.15, 0.2) is 35.8 Å². The third kappa shape index (κ3) is 4.69. The number of aromatic nitrogens is 3.